The lowest BCUT2D eigenvalue weighted by Gasteiger charge is -2.29. The van der Waals surface area contributed by atoms with Crippen molar-refractivity contribution in [1.82, 2.24) is 4.83 Å². The molecule has 0 heterocycles. The minimum Gasteiger partial charge on any atom is -0.462 e. The van der Waals surface area contributed by atoms with E-state index in [1.807, 2.05) is 4.83 Å². The summed E-state index contributed by atoms with van der Waals surface area (Å²) in [5.41, 5.74) is 0.848. The fourth-order valence-electron chi connectivity index (χ4n) is 2.47. The van der Waals surface area contributed by atoms with Crippen LogP contribution in [-0.2, 0) is 48.1 Å². The van der Waals surface area contributed by atoms with Gasteiger partial charge < -0.3 is 18.9 Å². The van der Waals surface area contributed by atoms with Gasteiger partial charge in [-0.15, -0.1) is 0 Å². The number of nitrogens with one attached hydrogen (secondary N) is 1. The Kier molecular flexibility index (Phi) is 10.5. The first-order chi connectivity index (χ1) is 15.3. The first-order valence-electron chi connectivity index (χ1n) is 9.58. The van der Waals surface area contributed by atoms with Gasteiger partial charge in [0, 0.05) is 27.7 Å². The smallest absolute Gasteiger partial charge is 0.303 e. The van der Waals surface area contributed by atoms with E-state index in [9.17, 15) is 27.6 Å². The van der Waals surface area contributed by atoms with Crippen LogP contribution in [0.5, 0.6) is 0 Å². The van der Waals surface area contributed by atoms with Crippen LogP contribution in [-0.4, -0.2) is 63.4 Å². The van der Waals surface area contributed by atoms with Crippen molar-refractivity contribution in [2.45, 2.75) is 57.8 Å². The molecule has 0 aliphatic rings. The minimum absolute atomic E-state index is 0.0709. The molecule has 1 aromatic rings. The van der Waals surface area contributed by atoms with Crippen molar-refractivity contribution in [2.75, 3.05) is 6.61 Å². The average Bonchev–Trinajstić information content (AvgIpc) is 2.68. The van der Waals surface area contributed by atoms with Crippen molar-refractivity contribution < 1.29 is 46.5 Å². The number of benzene rings is 1. The summed E-state index contributed by atoms with van der Waals surface area (Å²) in [6.07, 6.45) is -3.56. The summed E-state index contributed by atoms with van der Waals surface area (Å²) in [6, 6.07) is 5.92. The predicted molar refractivity (Wildman–Crippen MR) is 113 cm³/mol. The molecule has 0 aliphatic carbocycles. The van der Waals surface area contributed by atoms with Crippen molar-refractivity contribution in [3.63, 3.8) is 0 Å². The number of nitrogens with zero attached hydrogens (tertiary/aromatic N) is 1. The number of sulfonamides is 1. The molecule has 0 amide bonds. The highest BCUT2D eigenvalue weighted by molar-refractivity contribution is 7.89. The van der Waals surface area contributed by atoms with Gasteiger partial charge in [-0.05, 0) is 19.1 Å². The molecule has 12 nitrogen and oxygen atoms in total. The van der Waals surface area contributed by atoms with E-state index < -0.39 is 58.8 Å². The van der Waals surface area contributed by atoms with Gasteiger partial charge in [-0.3, -0.25) is 19.2 Å². The molecule has 0 aliphatic heterocycles. The lowest BCUT2D eigenvalue weighted by atomic mass is 10.1. The van der Waals surface area contributed by atoms with Crippen LogP contribution in [0.3, 0.4) is 0 Å². The third kappa shape index (κ3) is 10.1. The number of hydrogen-bond acceptors (Lipinski definition) is 11. The zero-order valence-corrected chi connectivity index (χ0v) is 19.6. The van der Waals surface area contributed by atoms with Crippen molar-refractivity contribution in [3.8, 4) is 0 Å². The average molecular weight is 486 g/mol. The van der Waals surface area contributed by atoms with Crippen LogP contribution < -0.4 is 4.83 Å². The second-order valence-corrected chi connectivity index (χ2v) is 8.45. The SMILES string of the molecule is CC(=O)OC[C@H](OC(C)=O)[C@H](OC(C)=O)[C@H](/C=N/NS(=O)(=O)c1ccc(C)cc1)OC(C)=O. The molecule has 1 N–H and O–H groups in total. The van der Waals surface area contributed by atoms with Crippen LogP contribution in [0.2, 0.25) is 0 Å². The Bertz CT molecular complexity index is 989. The first-order valence-corrected chi connectivity index (χ1v) is 11.1. The molecule has 0 radical (unpaired) electrons. The van der Waals surface area contributed by atoms with Crippen molar-refractivity contribution >= 4 is 40.1 Å². The first kappa shape index (κ1) is 27.6. The summed E-state index contributed by atoms with van der Waals surface area (Å²) in [5, 5.41) is 3.60. The molecule has 13 heteroatoms. The molecule has 1 rings (SSSR count). The molecule has 1 aromatic carbocycles. The van der Waals surface area contributed by atoms with E-state index in [1.54, 1.807) is 19.1 Å². The molecule has 0 spiro atoms. The number of hydrogen-bond donors (Lipinski definition) is 1. The van der Waals surface area contributed by atoms with Gasteiger partial charge in [0.15, 0.2) is 18.3 Å². The largest absolute Gasteiger partial charge is 0.462 e. The zero-order valence-electron chi connectivity index (χ0n) is 18.8. The second kappa shape index (κ2) is 12.5. The van der Waals surface area contributed by atoms with Crippen LogP contribution in [0, 0.1) is 6.92 Å². The number of carbonyl (C=O) groups is 4. The van der Waals surface area contributed by atoms with Gasteiger partial charge >= 0.3 is 23.9 Å². The van der Waals surface area contributed by atoms with Crippen LogP contribution in [0.1, 0.15) is 33.3 Å². The van der Waals surface area contributed by atoms with Gasteiger partial charge in [-0.2, -0.15) is 13.5 Å². The van der Waals surface area contributed by atoms with Gasteiger partial charge in [-0.25, -0.2) is 4.83 Å². The Balaban J connectivity index is 3.23. The van der Waals surface area contributed by atoms with Gasteiger partial charge in [0.05, 0.1) is 11.1 Å². The highest BCUT2D eigenvalue weighted by Crippen LogP contribution is 2.15. The maximum absolute atomic E-state index is 12.4. The Morgan fingerprint density at radius 2 is 1.45 bits per heavy atom. The molecule has 0 fully saturated rings. The lowest BCUT2D eigenvalue weighted by Crippen LogP contribution is -2.48. The summed E-state index contributed by atoms with van der Waals surface area (Å²) in [4.78, 5) is 47.9. The maximum Gasteiger partial charge on any atom is 0.303 e. The van der Waals surface area contributed by atoms with Crippen molar-refractivity contribution in [1.29, 1.82) is 0 Å². The molecular formula is C20H26N2O10S. The second-order valence-electron chi connectivity index (χ2n) is 6.78. The van der Waals surface area contributed by atoms with Crippen molar-refractivity contribution in [2.24, 2.45) is 5.10 Å². The van der Waals surface area contributed by atoms with Crippen LogP contribution in [0.4, 0.5) is 0 Å². The molecule has 33 heavy (non-hydrogen) atoms. The Morgan fingerprint density at radius 1 is 0.909 bits per heavy atom. The maximum atomic E-state index is 12.4. The zero-order chi connectivity index (χ0) is 25.2. The number of ether oxygens (including phenoxy) is 4. The third-order valence-electron chi connectivity index (χ3n) is 3.79. The minimum atomic E-state index is -4.06. The lowest BCUT2D eigenvalue weighted by molar-refractivity contribution is -0.183. The molecule has 3 atom stereocenters. The number of esters is 4. The topological polar surface area (TPSA) is 164 Å². The van der Waals surface area contributed by atoms with Gasteiger partial charge in [-0.1, -0.05) is 17.7 Å². The molecule has 0 bridgehead atoms. The van der Waals surface area contributed by atoms with E-state index >= 15 is 0 Å². The van der Waals surface area contributed by atoms with Crippen LogP contribution in [0.25, 0.3) is 0 Å². The highest BCUT2D eigenvalue weighted by Gasteiger charge is 2.37. The monoisotopic (exact) mass is 486 g/mol. The summed E-state index contributed by atoms with van der Waals surface area (Å²) in [5.74, 6) is -3.19. The summed E-state index contributed by atoms with van der Waals surface area (Å²) >= 11 is 0. The summed E-state index contributed by atoms with van der Waals surface area (Å²) in [6.45, 7) is 5.53. The Morgan fingerprint density at radius 3 is 1.94 bits per heavy atom. The van der Waals surface area contributed by atoms with Gasteiger partial charge in [0.2, 0.25) is 0 Å². The Labute approximate surface area is 191 Å². The predicted octanol–water partition coefficient (Wildman–Crippen LogP) is 0.617. The molecule has 0 aromatic heterocycles. The van der Waals surface area contributed by atoms with Crippen LogP contribution in [0.15, 0.2) is 34.3 Å². The van der Waals surface area contributed by atoms with Gasteiger partial charge in [0.1, 0.15) is 6.61 Å². The normalized spacial score (nSPS) is 14.0. The number of carbonyl (C=O) groups excluding carboxylic acids is 4. The van der Waals surface area contributed by atoms with E-state index in [0.717, 1.165) is 39.5 Å². The standard InChI is InChI=1S/C20H26N2O10S/c1-12-6-8-17(9-7-12)33(27,28)22-21-10-18(30-14(3)24)20(32-16(5)26)19(31-15(4)25)11-29-13(2)23/h6-10,18-20,22H,11H2,1-5H3/b21-10+/t18-,19-,20+/m0/s1. The molecule has 0 saturated carbocycles. The Hall–Kier alpha value is -3.48. The van der Waals surface area contributed by atoms with E-state index in [4.69, 9.17) is 18.9 Å². The fourth-order valence-corrected chi connectivity index (χ4v) is 3.27. The third-order valence-corrected chi connectivity index (χ3v) is 5.03. The molecule has 182 valence electrons. The summed E-state index contributed by atoms with van der Waals surface area (Å²) < 4.78 is 45.0. The molecule has 0 saturated heterocycles. The van der Waals surface area contributed by atoms with E-state index in [-0.39, 0.29) is 4.90 Å². The number of hydrazone groups is 1. The molecular weight excluding hydrogens is 460 g/mol. The van der Waals surface area contributed by atoms with Crippen molar-refractivity contribution in [3.05, 3.63) is 29.8 Å². The fraction of sp³-hybridized carbons (Fsp3) is 0.450. The van der Waals surface area contributed by atoms with E-state index in [2.05, 4.69) is 5.10 Å². The van der Waals surface area contributed by atoms with Gasteiger partial charge in [0.25, 0.3) is 10.0 Å². The quantitative estimate of drug-likeness (QED) is 0.203. The summed E-state index contributed by atoms with van der Waals surface area (Å²) in [7, 11) is -4.06. The number of aryl methyl sites for hydroxylation is 1. The van der Waals surface area contributed by atoms with E-state index in [0.29, 0.717) is 0 Å². The molecule has 0 unspecified atom stereocenters. The van der Waals surface area contributed by atoms with Crippen LogP contribution >= 0.6 is 0 Å². The van der Waals surface area contributed by atoms with E-state index in [1.165, 1.54) is 12.1 Å². The number of rotatable bonds is 11. The highest BCUT2D eigenvalue weighted by atomic mass is 32.2.